The van der Waals surface area contributed by atoms with E-state index in [1.165, 1.54) is 11.3 Å². The van der Waals surface area contributed by atoms with E-state index in [4.69, 9.17) is 5.11 Å². The molecule has 0 saturated carbocycles. The number of amides is 1. The number of likely N-dealkylation sites (tertiary alicyclic amines) is 1. The Hall–Kier alpha value is -2.10. The minimum atomic E-state index is -0.898. The Morgan fingerprint density at radius 2 is 2.21 bits per heavy atom. The van der Waals surface area contributed by atoms with Crippen LogP contribution in [0.15, 0.2) is 24.3 Å². The quantitative estimate of drug-likeness (QED) is 0.486. The monoisotopic (exact) mass is 403 g/mol. The van der Waals surface area contributed by atoms with Gasteiger partial charge in [0.15, 0.2) is 0 Å². The SMILES string of the molecule is CCC#CC[C@@H](C)[C@H](O)C=C[C@H]1CCC(=O)N1CCCc1ccc(C(=O)O)s1. The summed E-state index contributed by atoms with van der Waals surface area (Å²) >= 11 is 1.29. The fourth-order valence-corrected chi connectivity index (χ4v) is 4.10. The van der Waals surface area contributed by atoms with Crippen LogP contribution in [-0.4, -0.2) is 45.7 Å². The van der Waals surface area contributed by atoms with Crippen LogP contribution in [-0.2, 0) is 11.2 Å². The standard InChI is InChI=1S/C22H29NO4S/c1-3-4-5-7-16(2)19(24)12-9-17-10-14-21(25)23(17)15-6-8-18-11-13-20(28-18)22(26)27/h9,11-13,16-17,19,24H,3,6-8,10,14-15H2,1-2H3,(H,26,27)/t16-,17+,19-/m1/s1. The third kappa shape index (κ3) is 6.50. The van der Waals surface area contributed by atoms with Gasteiger partial charge in [-0.2, -0.15) is 0 Å². The van der Waals surface area contributed by atoms with Gasteiger partial charge in [0.05, 0.1) is 12.1 Å². The lowest BCUT2D eigenvalue weighted by Crippen LogP contribution is -2.33. The summed E-state index contributed by atoms with van der Waals surface area (Å²) in [5.41, 5.74) is 0. The van der Waals surface area contributed by atoms with Crippen LogP contribution in [0, 0.1) is 17.8 Å². The maximum atomic E-state index is 12.2. The topological polar surface area (TPSA) is 77.8 Å². The number of aryl methyl sites for hydroxylation is 1. The first-order chi connectivity index (χ1) is 13.4. The molecule has 2 heterocycles. The molecule has 1 aromatic heterocycles. The van der Waals surface area contributed by atoms with E-state index in [9.17, 15) is 14.7 Å². The van der Waals surface area contributed by atoms with Gasteiger partial charge in [-0.05, 0) is 37.3 Å². The molecular weight excluding hydrogens is 374 g/mol. The normalized spacial score (nSPS) is 18.9. The molecule has 0 aliphatic carbocycles. The van der Waals surface area contributed by atoms with E-state index in [0.717, 1.165) is 30.6 Å². The molecule has 2 rings (SSSR count). The van der Waals surface area contributed by atoms with Gasteiger partial charge in [0.25, 0.3) is 0 Å². The van der Waals surface area contributed by atoms with E-state index in [1.54, 1.807) is 12.1 Å². The summed E-state index contributed by atoms with van der Waals surface area (Å²) in [6.07, 6.45) is 7.52. The van der Waals surface area contributed by atoms with Gasteiger partial charge in [0.1, 0.15) is 4.88 Å². The van der Waals surface area contributed by atoms with Crippen molar-refractivity contribution in [2.45, 2.75) is 64.5 Å². The highest BCUT2D eigenvalue weighted by atomic mass is 32.1. The number of rotatable bonds is 9. The average molecular weight is 404 g/mol. The Balaban J connectivity index is 1.85. The van der Waals surface area contributed by atoms with Crippen LogP contribution >= 0.6 is 11.3 Å². The van der Waals surface area contributed by atoms with Crippen molar-refractivity contribution in [3.05, 3.63) is 34.0 Å². The van der Waals surface area contributed by atoms with E-state index in [2.05, 4.69) is 11.8 Å². The fraction of sp³-hybridized carbons (Fsp3) is 0.545. The van der Waals surface area contributed by atoms with Gasteiger partial charge in [-0.25, -0.2) is 4.79 Å². The second kappa shape index (κ2) is 11.0. The van der Waals surface area contributed by atoms with Crippen molar-refractivity contribution >= 4 is 23.2 Å². The Bertz CT molecular complexity index is 758. The molecule has 1 aliphatic heterocycles. The maximum absolute atomic E-state index is 12.2. The van der Waals surface area contributed by atoms with Gasteiger partial charge in [0.2, 0.25) is 5.91 Å². The molecule has 1 amide bonds. The van der Waals surface area contributed by atoms with Crippen molar-refractivity contribution < 1.29 is 19.8 Å². The zero-order chi connectivity index (χ0) is 20.5. The van der Waals surface area contributed by atoms with Crippen LogP contribution in [0.2, 0.25) is 0 Å². The first kappa shape index (κ1) is 22.2. The largest absolute Gasteiger partial charge is 0.477 e. The van der Waals surface area contributed by atoms with E-state index in [-0.39, 0.29) is 17.9 Å². The summed E-state index contributed by atoms with van der Waals surface area (Å²) in [5, 5.41) is 19.3. The van der Waals surface area contributed by atoms with E-state index in [0.29, 0.717) is 24.3 Å². The Labute approximate surface area is 171 Å². The smallest absolute Gasteiger partial charge is 0.345 e. The van der Waals surface area contributed by atoms with Crippen molar-refractivity contribution in [2.24, 2.45) is 5.92 Å². The van der Waals surface area contributed by atoms with Crippen molar-refractivity contribution in [2.75, 3.05) is 6.54 Å². The highest BCUT2D eigenvalue weighted by Crippen LogP contribution is 2.23. The van der Waals surface area contributed by atoms with Crippen LogP contribution in [0.3, 0.4) is 0 Å². The van der Waals surface area contributed by atoms with Crippen LogP contribution < -0.4 is 0 Å². The molecule has 1 saturated heterocycles. The van der Waals surface area contributed by atoms with Gasteiger partial charge < -0.3 is 15.1 Å². The maximum Gasteiger partial charge on any atom is 0.345 e. The lowest BCUT2D eigenvalue weighted by molar-refractivity contribution is -0.128. The summed E-state index contributed by atoms with van der Waals surface area (Å²) in [7, 11) is 0. The van der Waals surface area contributed by atoms with Crippen molar-refractivity contribution in [1.29, 1.82) is 0 Å². The summed E-state index contributed by atoms with van der Waals surface area (Å²) in [6, 6.07) is 3.49. The minimum absolute atomic E-state index is 0.0222. The third-order valence-electron chi connectivity index (χ3n) is 4.91. The minimum Gasteiger partial charge on any atom is -0.477 e. The van der Waals surface area contributed by atoms with Crippen molar-refractivity contribution in [3.63, 3.8) is 0 Å². The number of carboxylic acid groups (broad SMARTS) is 1. The van der Waals surface area contributed by atoms with Gasteiger partial charge >= 0.3 is 5.97 Å². The van der Waals surface area contributed by atoms with Gasteiger partial charge in [-0.1, -0.05) is 26.0 Å². The summed E-state index contributed by atoms with van der Waals surface area (Å²) in [4.78, 5) is 26.4. The lowest BCUT2D eigenvalue weighted by Gasteiger charge is -2.23. The summed E-state index contributed by atoms with van der Waals surface area (Å²) in [6.45, 7) is 4.62. The van der Waals surface area contributed by atoms with E-state index >= 15 is 0 Å². The molecule has 0 unspecified atom stereocenters. The summed E-state index contributed by atoms with van der Waals surface area (Å²) in [5.74, 6) is 5.39. The zero-order valence-electron chi connectivity index (χ0n) is 16.6. The molecule has 0 aromatic carbocycles. The number of aliphatic hydroxyl groups excluding tert-OH is 1. The summed E-state index contributed by atoms with van der Waals surface area (Å²) < 4.78 is 0. The molecule has 1 aromatic rings. The number of carbonyl (C=O) groups excluding carboxylic acids is 1. The molecule has 2 N–H and O–H groups in total. The van der Waals surface area contributed by atoms with Crippen LogP contribution in [0.25, 0.3) is 0 Å². The molecule has 6 heteroatoms. The van der Waals surface area contributed by atoms with E-state index in [1.807, 2.05) is 30.9 Å². The Kier molecular flexibility index (Phi) is 8.75. The average Bonchev–Trinajstić information content (AvgIpc) is 3.27. The highest BCUT2D eigenvalue weighted by molar-refractivity contribution is 7.13. The number of carbonyl (C=O) groups is 2. The number of carboxylic acids is 1. The lowest BCUT2D eigenvalue weighted by atomic mass is 10.00. The van der Waals surface area contributed by atoms with Crippen molar-refractivity contribution in [1.82, 2.24) is 4.90 Å². The number of hydrogen-bond acceptors (Lipinski definition) is 4. The number of aromatic carboxylic acids is 1. The highest BCUT2D eigenvalue weighted by Gasteiger charge is 2.28. The molecular formula is C22H29NO4S. The molecule has 0 spiro atoms. The second-order valence-corrected chi connectivity index (χ2v) is 8.30. The van der Waals surface area contributed by atoms with Crippen LogP contribution in [0.4, 0.5) is 0 Å². The molecule has 28 heavy (non-hydrogen) atoms. The van der Waals surface area contributed by atoms with Gasteiger partial charge in [0, 0.05) is 30.7 Å². The Morgan fingerprint density at radius 1 is 1.43 bits per heavy atom. The van der Waals surface area contributed by atoms with Gasteiger partial charge in [-0.3, -0.25) is 4.79 Å². The zero-order valence-corrected chi connectivity index (χ0v) is 17.4. The first-order valence-electron chi connectivity index (χ1n) is 9.86. The third-order valence-corrected chi connectivity index (χ3v) is 6.04. The predicted octanol–water partition coefficient (Wildman–Crippen LogP) is 3.73. The Morgan fingerprint density at radius 3 is 2.89 bits per heavy atom. The fourth-order valence-electron chi connectivity index (χ4n) is 3.21. The second-order valence-electron chi connectivity index (χ2n) is 7.13. The molecule has 0 radical (unpaired) electrons. The molecule has 3 atom stereocenters. The first-order valence-corrected chi connectivity index (χ1v) is 10.7. The van der Waals surface area contributed by atoms with E-state index < -0.39 is 12.1 Å². The van der Waals surface area contributed by atoms with Crippen LogP contribution in [0.1, 0.15) is 60.5 Å². The number of thiophene rings is 1. The molecule has 0 bridgehead atoms. The number of aliphatic hydroxyl groups is 1. The van der Waals surface area contributed by atoms with Gasteiger partial charge in [-0.15, -0.1) is 23.2 Å². The predicted molar refractivity (Wildman–Crippen MR) is 111 cm³/mol. The molecule has 1 aliphatic rings. The van der Waals surface area contributed by atoms with Crippen LogP contribution in [0.5, 0.6) is 0 Å². The molecule has 1 fully saturated rings. The van der Waals surface area contributed by atoms with Crippen molar-refractivity contribution in [3.8, 4) is 11.8 Å². The molecule has 5 nitrogen and oxygen atoms in total. The molecule has 152 valence electrons. The number of hydrogen-bond donors (Lipinski definition) is 2. The number of nitrogens with zero attached hydrogens (tertiary/aromatic N) is 1.